The average Bonchev–Trinajstić information content (AvgIpc) is 2.78. The summed E-state index contributed by atoms with van der Waals surface area (Å²) in [5, 5.41) is 2.67. The molecule has 0 aliphatic heterocycles. The number of ether oxygens (including phenoxy) is 2. The maximum Gasteiger partial charge on any atom is 0.261 e. The fraction of sp³-hybridized carbons (Fsp3) is 0.136. The maximum atomic E-state index is 12.8. The fourth-order valence-corrected chi connectivity index (χ4v) is 3.68. The van der Waals surface area contributed by atoms with Crippen molar-refractivity contribution >= 4 is 21.6 Å². The van der Waals surface area contributed by atoms with E-state index >= 15 is 0 Å². The minimum atomic E-state index is -3.80. The molecule has 0 fully saturated rings. The lowest BCUT2D eigenvalue weighted by Gasteiger charge is -2.10. The van der Waals surface area contributed by atoms with Gasteiger partial charge in [0.2, 0.25) is 0 Å². The van der Waals surface area contributed by atoms with Crippen molar-refractivity contribution in [1.29, 1.82) is 0 Å². The number of nitrogens with one attached hydrogen (secondary N) is 2. The highest BCUT2D eigenvalue weighted by molar-refractivity contribution is 7.92. The predicted octanol–water partition coefficient (Wildman–Crippen LogP) is 3.44. The molecule has 31 heavy (non-hydrogen) atoms. The highest BCUT2D eigenvalue weighted by Gasteiger charge is 2.15. The van der Waals surface area contributed by atoms with Gasteiger partial charge in [-0.15, -0.1) is 0 Å². The van der Waals surface area contributed by atoms with Gasteiger partial charge < -0.3 is 14.8 Å². The standard InChI is InChI=1S/C22H21FN2O5S/c1-29-19-10-6-18(7-11-19)25-31(27,28)21-12-2-16(3-13-21)22(26)24-14-15-30-20-8-4-17(23)5-9-20/h2-13,25H,14-15H2,1H3,(H,24,26). The number of benzene rings is 3. The minimum absolute atomic E-state index is 0.0273. The summed E-state index contributed by atoms with van der Waals surface area (Å²) in [5.74, 6) is 0.385. The lowest BCUT2D eigenvalue weighted by Crippen LogP contribution is -2.28. The van der Waals surface area contributed by atoms with E-state index < -0.39 is 10.0 Å². The van der Waals surface area contributed by atoms with Gasteiger partial charge in [0, 0.05) is 11.3 Å². The molecule has 0 saturated carbocycles. The monoisotopic (exact) mass is 444 g/mol. The molecule has 0 bridgehead atoms. The molecule has 0 atom stereocenters. The summed E-state index contributed by atoms with van der Waals surface area (Å²) in [7, 11) is -2.28. The first-order chi connectivity index (χ1) is 14.9. The summed E-state index contributed by atoms with van der Waals surface area (Å²) < 4.78 is 50.8. The first-order valence-electron chi connectivity index (χ1n) is 9.31. The molecule has 7 nitrogen and oxygen atoms in total. The number of sulfonamides is 1. The number of rotatable bonds is 9. The normalized spacial score (nSPS) is 10.9. The van der Waals surface area contributed by atoms with Crippen molar-refractivity contribution in [3.63, 3.8) is 0 Å². The van der Waals surface area contributed by atoms with E-state index in [9.17, 15) is 17.6 Å². The van der Waals surface area contributed by atoms with Crippen LogP contribution in [0.3, 0.4) is 0 Å². The van der Waals surface area contributed by atoms with Crippen LogP contribution in [0.1, 0.15) is 10.4 Å². The number of amides is 1. The zero-order valence-electron chi connectivity index (χ0n) is 16.7. The Morgan fingerprint density at radius 2 is 1.52 bits per heavy atom. The van der Waals surface area contributed by atoms with Crippen molar-refractivity contribution in [3.05, 3.63) is 84.2 Å². The predicted molar refractivity (Wildman–Crippen MR) is 114 cm³/mol. The van der Waals surface area contributed by atoms with Crippen LogP contribution in [0.25, 0.3) is 0 Å². The van der Waals surface area contributed by atoms with Gasteiger partial charge in [-0.2, -0.15) is 0 Å². The van der Waals surface area contributed by atoms with Crippen molar-refractivity contribution in [2.24, 2.45) is 0 Å². The Bertz CT molecular complexity index is 1120. The van der Waals surface area contributed by atoms with Crippen LogP contribution in [0.4, 0.5) is 10.1 Å². The van der Waals surface area contributed by atoms with Crippen LogP contribution in [0, 0.1) is 5.82 Å². The van der Waals surface area contributed by atoms with E-state index in [1.807, 2.05) is 0 Å². The van der Waals surface area contributed by atoms with Crippen molar-refractivity contribution in [2.45, 2.75) is 4.90 Å². The Labute approximate surface area is 179 Å². The molecule has 0 unspecified atom stereocenters. The zero-order valence-corrected chi connectivity index (χ0v) is 17.5. The van der Waals surface area contributed by atoms with Crippen molar-refractivity contribution < 1.29 is 27.1 Å². The second kappa shape index (κ2) is 9.94. The van der Waals surface area contributed by atoms with Gasteiger partial charge in [-0.05, 0) is 72.8 Å². The van der Waals surface area contributed by atoms with Crippen LogP contribution in [0.15, 0.2) is 77.7 Å². The zero-order chi connectivity index (χ0) is 22.3. The van der Waals surface area contributed by atoms with Crippen molar-refractivity contribution in [1.82, 2.24) is 5.32 Å². The molecule has 0 saturated heterocycles. The Balaban J connectivity index is 1.53. The van der Waals surface area contributed by atoms with Gasteiger partial charge in [0.05, 0.1) is 18.6 Å². The molecule has 0 aliphatic rings. The van der Waals surface area contributed by atoms with Crippen molar-refractivity contribution in [3.8, 4) is 11.5 Å². The Morgan fingerprint density at radius 3 is 2.13 bits per heavy atom. The highest BCUT2D eigenvalue weighted by Crippen LogP contribution is 2.19. The average molecular weight is 444 g/mol. The van der Waals surface area contributed by atoms with Crippen LogP contribution in [0.2, 0.25) is 0 Å². The van der Waals surface area contributed by atoms with Crippen LogP contribution in [-0.4, -0.2) is 34.6 Å². The molecular formula is C22H21FN2O5S. The molecule has 0 aromatic heterocycles. The number of carbonyl (C=O) groups excluding carboxylic acids is 1. The summed E-state index contributed by atoms with van der Waals surface area (Å²) in [4.78, 5) is 12.2. The lowest BCUT2D eigenvalue weighted by molar-refractivity contribution is 0.0947. The van der Waals surface area contributed by atoms with Gasteiger partial charge in [-0.1, -0.05) is 0 Å². The summed E-state index contributed by atoms with van der Waals surface area (Å²) in [6.07, 6.45) is 0. The quantitative estimate of drug-likeness (QED) is 0.493. The molecule has 0 heterocycles. The maximum absolute atomic E-state index is 12.8. The summed E-state index contributed by atoms with van der Waals surface area (Å²) >= 11 is 0. The largest absolute Gasteiger partial charge is 0.497 e. The number of carbonyl (C=O) groups is 1. The lowest BCUT2D eigenvalue weighted by atomic mass is 10.2. The van der Waals surface area contributed by atoms with Crippen LogP contribution >= 0.6 is 0 Å². The molecule has 9 heteroatoms. The first-order valence-corrected chi connectivity index (χ1v) is 10.8. The molecule has 3 aromatic rings. The smallest absolute Gasteiger partial charge is 0.261 e. The summed E-state index contributed by atoms with van der Waals surface area (Å²) in [6.45, 7) is 0.435. The van der Waals surface area contributed by atoms with E-state index in [0.29, 0.717) is 22.7 Å². The van der Waals surface area contributed by atoms with E-state index in [0.717, 1.165) is 0 Å². The molecule has 3 aromatic carbocycles. The van der Waals surface area contributed by atoms with E-state index in [4.69, 9.17) is 9.47 Å². The first kappa shape index (κ1) is 22.1. The van der Waals surface area contributed by atoms with Gasteiger partial charge in [0.25, 0.3) is 15.9 Å². The van der Waals surface area contributed by atoms with E-state index in [1.165, 1.54) is 55.6 Å². The Morgan fingerprint density at radius 1 is 0.903 bits per heavy atom. The number of methoxy groups -OCH3 is 1. The van der Waals surface area contributed by atoms with Gasteiger partial charge in [-0.25, -0.2) is 12.8 Å². The summed E-state index contributed by atoms with van der Waals surface area (Å²) in [6, 6.07) is 17.6. The van der Waals surface area contributed by atoms with Gasteiger partial charge in [-0.3, -0.25) is 9.52 Å². The number of halogens is 1. The van der Waals surface area contributed by atoms with E-state index in [1.54, 1.807) is 24.3 Å². The molecule has 0 aliphatic carbocycles. The van der Waals surface area contributed by atoms with Gasteiger partial charge in [0.1, 0.15) is 23.9 Å². The van der Waals surface area contributed by atoms with E-state index in [2.05, 4.69) is 10.0 Å². The number of hydrogen-bond acceptors (Lipinski definition) is 5. The van der Waals surface area contributed by atoms with Crippen LogP contribution in [-0.2, 0) is 10.0 Å². The molecule has 3 rings (SSSR count). The number of anilines is 1. The summed E-state index contributed by atoms with van der Waals surface area (Å²) in [5.41, 5.74) is 0.703. The SMILES string of the molecule is COc1ccc(NS(=O)(=O)c2ccc(C(=O)NCCOc3ccc(F)cc3)cc2)cc1. The second-order valence-electron chi connectivity index (χ2n) is 6.42. The van der Waals surface area contributed by atoms with Crippen LogP contribution < -0.4 is 19.5 Å². The fourth-order valence-electron chi connectivity index (χ4n) is 2.62. The molecule has 162 valence electrons. The Kier molecular flexibility index (Phi) is 7.09. The van der Waals surface area contributed by atoms with Gasteiger partial charge >= 0.3 is 0 Å². The van der Waals surface area contributed by atoms with E-state index in [-0.39, 0.29) is 29.8 Å². The third kappa shape index (κ3) is 6.19. The van der Waals surface area contributed by atoms with Gasteiger partial charge in [0.15, 0.2) is 0 Å². The molecular weight excluding hydrogens is 423 g/mol. The molecule has 0 radical (unpaired) electrons. The second-order valence-corrected chi connectivity index (χ2v) is 8.10. The molecule has 1 amide bonds. The minimum Gasteiger partial charge on any atom is -0.497 e. The van der Waals surface area contributed by atoms with Crippen LogP contribution in [0.5, 0.6) is 11.5 Å². The Hall–Kier alpha value is -3.59. The third-order valence-corrected chi connectivity index (χ3v) is 5.64. The third-order valence-electron chi connectivity index (χ3n) is 4.24. The highest BCUT2D eigenvalue weighted by atomic mass is 32.2. The number of hydrogen-bond donors (Lipinski definition) is 2. The topological polar surface area (TPSA) is 93.7 Å². The molecule has 0 spiro atoms. The van der Waals surface area contributed by atoms with Crippen molar-refractivity contribution in [2.75, 3.05) is 25.0 Å². The molecule has 2 N–H and O–H groups in total.